The largest absolute Gasteiger partial charge is 0.454 e. The molecule has 3 aromatic rings. The minimum Gasteiger partial charge on any atom is -0.454 e. The van der Waals surface area contributed by atoms with Gasteiger partial charge in [-0.1, -0.05) is 12.1 Å². The fraction of sp³-hybridized carbons (Fsp3) is 0.300. The lowest BCUT2D eigenvalue weighted by atomic mass is 10.2. The summed E-state index contributed by atoms with van der Waals surface area (Å²) in [6.07, 6.45) is -0.801. The highest BCUT2D eigenvalue weighted by molar-refractivity contribution is 8.01. The van der Waals surface area contributed by atoms with E-state index in [2.05, 4.69) is 15.3 Å². The van der Waals surface area contributed by atoms with E-state index in [4.69, 9.17) is 4.74 Å². The molecule has 0 aliphatic carbocycles. The molecule has 3 heterocycles. The molecule has 7 nitrogen and oxygen atoms in total. The molecule has 1 amide bonds. The monoisotopic (exact) mass is 429 g/mol. The Morgan fingerprint density at radius 3 is 2.83 bits per heavy atom. The lowest BCUT2D eigenvalue weighted by Gasteiger charge is -2.23. The molecule has 1 aliphatic heterocycles. The van der Waals surface area contributed by atoms with Crippen LogP contribution in [0.15, 0.2) is 34.0 Å². The maximum atomic E-state index is 12.4. The molecule has 0 saturated carbocycles. The predicted octanol–water partition coefficient (Wildman–Crippen LogP) is 3.71. The van der Waals surface area contributed by atoms with Crippen LogP contribution in [0.3, 0.4) is 0 Å². The van der Waals surface area contributed by atoms with Crippen molar-refractivity contribution in [3.8, 4) is 0 Å². The highest BCUT2D eigenvalue weighted by Gasteiger charge is 2.30. The number of anilines is 1. The minimum atomic E-state index is -0.730. The topological polar surface area (TPSA) is 101 Å². The van der Waals surface area contributed by atoms with Crippen LogP contribution < -0.4 is 10.9 Å². The standard InChI is InChI=1S/C20H19N3O4S2/c1-9-11(3)28-20-16(9)19(26)22-17(23-20)10(2)27-15(24)8-14-18(25)21-12-6-4-5-7-13(12)29-14/h4-7,10,14H,8H2,1-3H3,(H,21,25)(H,22,23,26)/t10-,14-/m1/s1. The van der Waals surface area contributed by atoms with Crippen molar-refractivity contribution >= 4 is 50.9 Å². The van der Waals surface area contributed by atoms with E-state index in [-0.39, 0.29) is 17.9 Å². The van der Waals surface area contributed by atoms with Crippen LogP contribution in [0, 0.1) is 13.8 Å². The number of esters is 1. The first kappa shape index (κ1) is 19.7. The van der Waals surface area contributed by atoms with Crippen LogP contribution in [-0.4, -0.2) is 27.1 Å². The van der Waals surface area contributed by atoms with Crippen LogP contribution >= 0.6 is 23.1 Å². The molecule has 1 aliphatic rings. The van der Waals surface area contributed by atoms with Gasteiger partial charge >= 0.3 is 5.97 Å². The predicted molar refractivity (Wildman–Crippen MR) is 114 cm³/mol. The first-order chi connectivity index (χ1) is 13.8. The quantitative estimate of drug-likeness (QED) is 0.613. The third-order valence-electron chi connectivity index (χ3n) is 4.81. The first-order valence-corrected chi connectivity index (χ1v) is 10.8. The van der Waals surface area contributed by atoms with E-state index in [0.717, 1.165) is 21.0 Å². The first-order valence-electron chi connectivity index (χ1n) is 9.09. The maximum absolute atomic E-state index is 12.4. The number of fused-ring (bicyclic) bond motifs is 2. The minimum absolute atomic E-state index is 0.0706. The average molecular weight is 430 g/mol. The molecule has 150 valence electrons. The number of nitrogens with one attached hydrogen (secondary N) is 2. The number of nitrogens with zero attached hydrogens (tertiary/aromatic N) is 1. The van der Waals surface area contributed by atoms with E-state index in [1.54, 1.807) is 6.92 Å². The highest BCUT2D eigenvalue weighted by atomic mass is 32.2. The Hall–Kier alpha value is -2.65. The number of para-hydroxylation sites is 1. The Labute approximate surface area is 174 Å². The number of thioether (sulfide) groups is 1. The lowest BCUT2D eigenvalue weighted by molar-refractivity contribution is -0.149. The molecule has 0 fully saturated rings. The third kappa shape index (κ3) is 3.79. The number of H-pyrrole nitrogens is 1. The summed E-state index contributed by atoms with van der Waals surface area (Å²) in [4.78, 5) is 46.9. The van der Waals surface area contributed by atoms with Gasteiger partial charge in [-0.2, -0.15) is 0 Å². The van der Waals surface area contributed by atoms with Crippen molar-refractivity contribution in [2.75, 3.05) is 5.32 Å². The molecular weight excluding hydrogens is 410 g/mol. The Morgan fingerprint density at radius 1 is 1.28 bits per heavy atom. The second-order valence-electron chi connectivity index (χ2n) is 6.84. The second kappa shape index (κ2) is 7.64. The van der Waals surface area contributed by atoms with Gasteiger partial charge in [-0.05, 0) is 38.5 Å². The molecule has 4 rings (SSSR count). The van der Waals surface area contributed by atoms with Gasteiger partial charge in [0.05, 0.1) is 22.7 Å². The van der Waals surface area contributed by atoms with Gasteiger partial charge in [0.1, 0.15) is 4.83 Å². The van der Waals surface area contributed by atoms with Crippen LogP contribution in [-0.2, 0) is 14.3 Å². The van der Waals surface area contributed by atoms with Crippen molar-refractivity contribution in [2.45, 2.75) is 43.4 Å². The summed E-state index contributed by atoms with van der Waals surface area (Å²) in [5.41, 5.74) is 1.42. The smallest absolute Gasteiger partial charge is 0.308 e. The Kier molecular flexibility index (Phi) is 5.18. The zero-order valence-corrected chi connectivity index (χ0v) is 17.7. The zero-order chi connectivity index (χ0) is 20.7. The average Bonchev–Trinajstić information content (AvgIpc) is 2.96. The molecule has 0 unspecified atom stereocenters. The Morgan fingerprint density at radius 2 is 2.03 bits per heavy atom. The second-order valence-corrected chi connectivity index (χ2v) is 9.29. The molecule has 0 radical (unpaired) electrons. The van der Waals surface area contributed by atoms with E-state index < -0.39 is 17.3 Å². The van der Waals surface area contributed by atoms with Gasteiger partial charge in [0.2, 0.25) is 5.91 Å². The van der Waals surface area contributed by atoms with Crippen LogP contribution in [0.4, 0.5) is 5.69 Å². The fourth-order valence-corrected chi connectivity index (χ4v) is 5.28. The fourth-order valence-electron chi connectivity index (χ4n) is 3.14. The molecule has 0 bridgehead atoms. The van der Waals surface area contributed by atoms with Crippen molar-refractivity contribution < 1.29 is 14.3 Å². The summed E-state index contributed by atoms with van der Waals surface area (Å²) in [6.45, 7) is 5.48. The SMILES string of the molecule is Cc1sc2nc([C@@H](C)OC(=O)C[C@H]3Sc4ccccc4NC3=O)[nH]c(=O)c2c1C. The summed E-state index contributed by atoms with van der Waals surface area (Å²) in [5.74, 6) is -0.454. The number of thiophene rings is 1. The van der Waals surface area contributed by atoms with Crippen molar-refractivity contribution in [3.05, 3.63) is 50.9 Å². The molecule has 2 aromatic heterocycles. The van der Waals surface area contributed by atoms with E-state index in [1.165, 1.54) is 23.1 Å². The number of hydrogen-bond donors (Lipinski definition) is 2. The lowest BCUT2D eigenvalue weighted by Crippen LogP contribution is -2.31. The number of ether oxygens (including phenoxy) is 1. The molecule has 1 aromatic carbocycles. The number of aromatic nitrogens is 2. The molecule has 0 spiro atoms. The summed E-state index contributed by atoms with van der Waals surface area (Å²) >= 11 is 2.78. The number of hydrogen-bond acceptors (Lipinski definition) is 7. The van der Waals surface area contributed by atoms with Crippen LogP contribution in [0.1, 0.15) is 35.7 Å². The van der Waals surface area contributed by atoms with Gasteiger partial charge in [0.15, 0.2) is 11.9 Å². The zero-order valence-electron chi connectivity index (χ0n) is 16.1. The number of carbonyl (C=O) groups is 2. The van der Waals surface area contributed by atoms with Crippen LogP contribution in [0.5, 0.6) is 0 Å². The van der Waals surface area contributed by atoms with Crippen LogP contribution in [0.25, 0.3) is 10.2 Å². The summed E-state index contributed by atoms with van der Waals surface area (Å²) in [6, 6.07) is 7.45. The highest BCUT2D eigenvalue weighted by Crippen LogP contribution is 2.37. The maximum Gasteiger partial charge on any atom is 0.308 e. The molecular formula is C20H19N3O4S2. The molecule has 2 atom stereocenters. The van der Waals surface area contributed by atoms with Crippen LogP contribution in [0.2, 0.25) is 0 Å². The Bertz CT molecular complexity index is 1180. The van der Waals surface area contributed by atoms with E-state index in [9.17, 15) is 14.4 Å². The number of rotatable bonds is 4. The number of amides is 1. The van der Waals surface area contributed by atoms with Gasteiger partial charge in [-0.3, -0.25) is 14.4 Å². The van der Waals surface area contributed by atoms with Gasteiger partial charge in [0, 0.05) is 9.77 Å². The molecule has 9 heteroatoms. The summed E-state index contributed by atoms with van der Waals surface area (Å²) in [7, 11) is 0. The Balaban J connectivity index is 1.47. The van der Waals surface area contributed by atoms with Crippen molar-refractivity contribution in [3.63, 3.8) is 0 Å². The van der Waals surface area contributed by atoms with Gasteiger partial charge in [-0.25, -0.2) is 4.98 Å². The molecule has 2 N–H and O–H groups in total. The summed E-state index contributed by atoms with van der Waals surface area (Å²) in [5, 5.41) is 2.81. The van der Waals surface area contributed by atoms with Gasteiger partial charge in [0.25, 0.3) is 5.56 Å². The van der Waals surface area contributed by atoms with E-state index in [0.29, 0.717) is 16.0 Å². The van der Waals surface area contributed by atoms with Gasteiger partial charge in [-0.15, -0.1) is 23.1 Å². The number of carbonyl (C=O) groups excluding carboxylic acids is 2. The van der Waals surface area contributed by atoms with Crippen molar-refractivity contribution in [2.24, 2.45) is 0 Å². The summed E-state index contributed by atoms with van der Waals surface area (Å²) < 4.78 is 5.46. The normalized spacial score (nSPS) is 16.9. The number of aromatic amines is 1. The van der Waals surface area contributed by atoms with Gasteiger partial charge < -0.3 is 15.0 Å². The van der Waals surface area contributed by atoms with E-state index >= 15 is 0 Å². The van der Waals surface area contributed by atoms with Crippen molar-refractivity contribution in [1.82, 2.24) is 9.97 Å². The number of aryl methyl sites for hydroxylation is 2. The molecule has 0 saturated heterocycles. The molecule has 29 heavy (non-hydrogen) atoms. The third-order valence-corrected chi connectivity index (χ3v) is 7.19. The number of benzene rings is 1. The van der Waals surface area contributed by atoms with E-state index in [1.807, 2.05) is 38.1 Å². The van der Waals surface area contributed by atoms with Crippen molar-refractivity contribution in [1.29, 1.82) is 0 Å².